The SMILES string of the molecule is Cc1ccc(-c2nc(COCC(=O)NCCC(/C=C\C(C)C)=C/C=N)c(C)o2)cc1. The minimum Gasteiger partial charge on any atom is -0.441 e. The van der Waals surface area contributed by atoms with Crippen LogP contribution in [0.25, 0.3) is 11.5 Å². The number of amides is 1. The summed E-state index contributed by atoms with van der Waals surface area (Å²) >= 11 is 0. The Bertz CT molecular complexity index is 893. The summed E-state index contributed by atoms with van der Waals surface area (Å²) in [6, 6.07) is 7.96. The van der Waals surface area contributed by atoms with Gasteiger partial charge in [0, 0.05) is 18.3 Å². The van der Waals surface area contributed by atoms with Crippen molar-refractivity contribution in [3.63, 3.8) is 0 Å². The summed E-state index contributed by atoms with van der Waals surface area (Å²) in [5, 5.41) is 10.1. The van der Waals surface area contributed by atoms with Crippen LogP contribution in [0.2, 0.25) is 0 Å². The molecular formula is C24H31N3O3. The molecule has 160 valence electrons. The van der Waals surface area contributed by atoms with E-state index in [1.807, 2.05) is 44.2 Å². The van der Waals surface area contributed by atoms with Crippen molar-refractivity contribution in [2.45, 2.75) is 40.7 Å². The molecule has 1 heterocycles. The lowest BCUT2D eigenvalue weighted by Gasteiger charge is -2.07. The first-order valence-electron chi connectivity index (χ1n) is 10.1. The number of nitrogens with one attached hydrogen (secondary N) is 2. The molecule has 0 fully saturated rings. The Labute approximate surface area is 178 Å². The maximum atomic E-state index is 12.0. The average Bonchev–Trinajstić information content (AvgIpc) is 3.07. The van der Waals surface area contributed by atoms with Gasteiger partial charge in [-0.3, -0.25) is 4.79 Å². The summed E-state index contributed by atoms with van der Waals surface area (Å²) in [7, 11) is 0. The highest BCUT2D eigenvalue weighted by atomic mass is 16.5. The van der Waals surface area contributed by atoms with Crippen molar-refractivity contribution in [2.24, 2.45) is 5.92 Å². The molecule has 0 atom stereocenters. The second-order valence-electron chi connectivity index (χ2n) is 7.49. The molecule has 0 saturated heterocycles. The highest BCUT2D eigenvalue weighted by molar-refractivity contribution is 5.77. The topological polar surface area (TPSA) is 88.2 Å². The predicted molar refractivity (Wildman–Crippen MR) is 120 cm³/mol. The normalized spacial score (nSPS) is 12.0. The molecule has 1 aromatic carbocycles. The number of hydrogen-bond donors (Lipinski definition) is 2. The molecule has 1 aromatic heterocycles. The van der Waals surface area contributed by atoms with Crippen LogP contribution in [0.1, 0.15) is 37.3 Å². The third-order valence-corrected chi connectivity index (χ3v) is 4.39. The average molecular weight is 410 g/mol. The van der Waals surface area contributed by atoms with Gasteiger partial charge in [-0.25, -0.2) is 4.98 Å². The Hall–Kier alpha value is -2.99. The van der Waals surface area contributed by atoms with Crippen LogP contribution in [0, 0.1) is 25.2 Å². The lowest BCUT2D eigenvalue weighted by atomic mass is 10.1. The van der Waals surface area contributed by atoms with E-state index >= 15 is 0 Å². The van der Waals surface area contributed by atoms with Gasteiger partial charge in [0.15, 0.2) is 0 Å². The number of rotatable bonds is 11. The third-order valence-electron chi connectivity index (χ3n) is 4.39. The highest BCUT2D eigenvalue weighted by Gasteiger charge is 2.12. The van der Waals surface area contributed by atoms with E-state index < -0.39 is 0 Å². The summed E-state index contributed by atoms with van der Waals surface area (Å²) in [6.45, 7) is 8.72. The Balaban J connectivity index is 1.77. The second kappa shape index (κ2) is 11.9. The summed E-state index contributed by atoms with van der Waals surface area (Å²) in [5.41, 5.74) is 3.77. The monoisotopic (exact) mass is 409 g/mol. The van der Waals surface area contributed by atoms with Crippen molar-refractivity contribution >= 4 is 12.1 Å². The number of nitrogens with zero attached hydrogens (tertiary/aromatic N) is 1. The number of carbonyl (C=O) groups is 1. The molecule has 1 amide bonds. The molecule has 0 spiro atoms. The van der Waals surface area contributed by atoms with E-state index in [-0.39, 0.29) is 19.1 Å². The van der Waals surface area contributed by atoms with Crippen LogP contribution in [-0.4, -0.2) is 30.3 Å². The van der Waals surface area contributed by atoms with Gasteiger partial charge >= 0.3 is 0 Å². The van der Waals surface area contributed by atoms with Crippen molar-refractivity contribution in [1.29, 1.82) is 5.41 Å². The maximum absolute atomic E-state index is 12.0. The van der Waals surface area contributed by atoms with Gasteiger partial charge in [0.25, 0.3) is 0 Å². The van der Waals surface area contributed by atoms with E-state index in [9.17, 15) is 4.79 Å². The zero-order valence-corrected chi connectivity index (χ0v) is 18.2. The number of aryl methyl sites for hydroxylation is 2. The third kappa shape index (κ3) is 7.79. The Morgan fingerprint density at radius 1 is 1.27 bits per heavy atom. The highest BCUT2D eigenvalue weighted by Crippen LogP contribution is 2.22. The van der Waals surface area contributed by atoms with Crippen molar-refractivity contribution in [3.05, 3.63) is 65.1 Å². The fourth-order valence-electron chi connectivity index (χ4n) is 2.66. The van der Waals surface area contributed by atoms with E-state index in [1.54, 1.807) is 6.08 Å². The minimum atomic E-state index is -0.183. The number of hydrogen-bond acceptors (Lipinski definition) is 5. The molecule has 2 aromatic rings. The smallest absolute Gasteiger partial charge is 0.246 e. The van der Waals surface area contributed by atoms with Crippen LogP contribution in [0.3, 0.4) is 0 Å². The summed E-state index contributed by atoms with van der Waals surface area (Å²) in [6.07, 6.45) is 7.73. The van der Waals surface area contributed by atoms with E-state index in [2.05, 4.69) is 30.2 Å². The van der Waals surface area contributed by atoms with Crippen molar-refractivity contribution in [3.8, 4) is 11.5 Å². The van der Waals surface area contributed by atoms with E-state index in [1.165, 1.54) is 11.8 Å². The van der Waals surface area contributed by atoms with Crippen LogP contribution < -0.4 is 5.32 Å². The largest absolute Gasteiger partial charge is 0.441 e. The number of carbonyl (C=O) groups excluding carboxylic acids is 1. The molecule has 0 aliphatic rings. The predicted octanol–water partition coefficient (Wildman–Crippen LogP) is 4.77. The van der Waals surface area contributed by atoms with Crippen LogP contribution >= 0.6 is 0 Å². The summed E-state index contributed by atoms with van der Waals surface area (Å²) in [5.74, 6) is 1.49. The molecule has 0 aliphatic carbocycles. The van der Waals surface area contributed by atoms with Gasteiger partial charge in [-0.1, -0.05) is 43.7 Å². The fraction of sp³-hybridized carbons (Fsp3) is 0.375. The number of benzene rings is 1. The van der Waals surface area contributed by atoms with Crippen LogP contribution in [0.4, 0.5) is 0 Å². The van der Waals surface area contributed by atoms with E-state index in [4.69, 9.17) is 14.6 Å². The molecular weight excluding hydrogens is 378 g/mol. The zero-order valence-electron chi connectivity index (χ0n) is 18.2. The van der Waals surface area contributed by atoms with Gasteiger partial charge in [0.05, 0.1) is 6.61 Å². The number of oxazole rings is 1. The molecule has 2 N–H and O–H groups in total. The van der Waals surface area contributed by atoms with E-state index in [0.717, 1.165) is 11.1 Å². The maximum Gasteiger partial charge on any atom is 0.246 e. The molecule has 6 heteroatoms. The van der Waals surface area contributed by atoms with Crippen LogP contribution in [-0.2, 0) is 16.1 Å². The molecule has 6 nitrogen and oxygen atoms in total. The first kappa shape index (κ1) is 23.3. The Kier molecular flexibility index (Phi) is 9.22. The molecule has 0 unspecified atom stereocenters. The second-order valence-corrected chi connectivity index (χ2v) is 7.49. The molecule has 2 rings (SSSR count). The zero-order chi connectivity index (χ0) is 21.9. The molecule has 0 aliphatic heterocycles. The Morgan fingerprint density at radius 3 is 2.67 bits per heavy atom. The van der Waals surface area contributed by atoms with Gasteiger partial charge < -0.3 is 19.9 Å². The van der Waals surface area contributed by atoms with Gasteiger partial charge in [-0.05, 0) is 50.0 Å². The van der Waals surface area contributed by atoms with E-state index in [0.29, 0.717) is 36.2 Å². The molecule has 0 radical (unpaired) electrons. The first-order chi connectivity index (χ1) is 14.4. The van der Waals surface area contributed by atoms with Crippen molar-refractivity contribution in [1.82, 2.24) is 10.3 Å². The van der Waals surface area contributed by atoms with Gasteiger partial charge in [-0.2, -0.15) is 0 Å². The quantitative estimate of drug-likeness (QED) is 0.413. The number of allylic oxidation sites excluding steroid dienone is 3. The fourth-order valence-corrected chi connectivity index (χ4v) is 2.66. The van der Waals surface area contributed by atoms with Crippen molar-refractivity contribution < 1.29 is 13.9 Å². The standard InChI is InChI=1S/C24H31N3O3/c1-17(2)5-8-20(11-13-25)12-14-26-23(28)16-29-15-22-19(4)30-24(27-22)21-9-6-18(3)7-10-21/h5-11,13,17,25H,12,14-16H2,1-4H3,(H,26,28)/b8-5-,20-11+,25-13?. The van der Waals surface area contributed by atoms with Crippen LogP contribution in [0.5, 0.6) is 0 Å². The minimum absolute atomic E-state index is 0.0440. The molecule has 0 bridgehead atoms. The van der Waals surface area contributed by atoms with Gasteiger partial charge in [0.2, 0.25) is 11.8 Å². The molecule has 0 saturated carbocycles. The van der Waals surface area contributed by atoms with Gasteiger partial charge in [0.1, 0.15) is 18.1 Å². The lowest BCUT2D eigenvalue weighted by molar-refractivity contribution is -0.126. The summed E-state index contributed by atoms with van der Waals surface area (Å²) < 4.78 is 11.2. The van der Waals surface area contributed by atoms with Gasteiger partial charge in [-0.15, -0.1) is 0 Å². The lowest BCUT2D eigenvalue weighted by Crippen LogP contribution is -2.28. The number of ether oxygens (including phenoxy) is 1. The summed E-state index contributed by atoms with van der Waals surface area (Å²) in [4.78, 5) is 16.5. The molecule has 30 heavy (non-hydrogen) atoms. The van der Waals surface area contributed by atoms with Crippen LogP contribution in [0.15, 0.2) is 52.5 Å². The first-order valence-corrected chi connectivity index (χ1v) is 10.1. The number of aromatic nitrogens is 1. The van der Waals surface area contributed by atoms with Crippen molar-refractivity contribution in [2.75, 3.05) is 13.2 Å². The Morgan fingerprint density at radius 2 is 2.00 bits per heavy atom.